The standard InChI is InChI=1S/C9H6ClN3O2/c1-6-8(13(14)15)5-7(3-2-4-11)9(10)12-6/h2-3,5H,1H3. The summed E-state index contributed by atoms with van der Waals surface area (Å²) in [5.74, 6) is 0. The van der Waals surface area contributed by atoms with Crippen LogP contribution in [0, 0.1) is 28.4 Å². The highest BCUT2D eigenvalue weighted by Crippen LogP contribution is 2.23. The average molecular weight is 224 g/mol. The number of nitriles is 1. The van der Waals surface area contributed by atoms with Crippen molar-refractivity contribution in [2.75, 3.05) is 0 Å². The van der Waals surface area contributed by atoms with Crippen molar-refractivity contribution in [2.24, 2.45) is 0 Å². The topological polar surface area (TPSA) is 79.8 Å². The Morgan fingerprint density at radius 2 is 2.40 bits per heavy atom. The van der Waals surface area contributed by atoms with Gasteiger partial charge in [0.15, 0.2) is 0 Å². The van der Waals surface area contributed by atoms with Crippen molar-refractivity contribution >= 4 is 23.4 Å². The van der Waals surface area contributed by atoms with E-state index in [1.54, 1.807) is 6.07 Å². The van der Waals surface area contributed by atoms with E-state index in [1.165, 1.54) is 25.1 Å². The molecule has 6 heteroatoms. The molecule has 0 saturated carbocycles. The van der Waals surface area contributed by atoms with Crippen molar-refractivity contribution < 1.29 is 4.92 Å². The van der Waals surface area contributed by atoms with Crippen molar-refractivity contribution in [1.29, 1.82) is 5.26 Å². The fourth-order valence-electron chi connectivity index (χ4n) is 1.01. The highest BCUT2D eigenvalue weighted by atomic mass is 35.5. The van der Waals surface area contributed by atoms with Gasteiger partial charge in [0.25, 0.3) is 5.69 Å². The Morgan fingerprint density at radius 3 is 2.93 bits per heavy atom. The smallest absolute Gasteiger partial charge is 0.258 e. The fourth-order valence-corrected chi connectivity index (χ4v) is 1.25. The van der Waals surface area contributed by atoms with Crippen molar-refractivity contribution in [3.63, 3.8) is 0 Å². The number of allylic oxidation sites excluding steroid dienone is 1. The first-order valence-electron chi connectivity index (χ1n) is 3.94. The highest BCUT2D eigenvalue weighted by molar-refractivity contribution is 6.30. The summed E-state index contributed by atoms with van der Waals surface area (Å²) in [6, 6.07) is 3.06. The molecule has 0 atom stereocenters. The second kappa shape index (κ2) is 4.53. The van der Waals surface area contributed by atoms with Crippen LogP contribution in [-0.4, -0.2) is 9.91 Å². The monoisotopic (exact) mass is 223 g/mol. The van der Waals surface area contributed by atoms with Gasteiger partial charge in [0.05, 0.1) is 11.0 Å². The minimum atomic E-state index is -0.539. The van der Waals surface area contributed by atoms with Crippen molar-refractivity contribution in [3.8, 4) is 6.07 Å². The van der Waals surface area contributed by atoms with Gasteiger partial charge in [-0.15, -0.1) is 0 Å². The summed E-state index contributed by atoms with van der Waals surface area (Å²) in [5.41, 5.74) is 0.492. The molecule has 1 heterocycles. The quantitative estimate of drug-likeness (QED) is 0.334. The molecule has 0 aromatic carbocycles. The highest BCUT2D eigenvalue weighted by Gasteiger charge is 2.14. The first-order chi connectivity index (χ1) is 7.06. The van der Waals surface area contributed by atoms with Crippen molar-refractivity contribution in [3.05, 3.63) is 38.7 Å². The van der Waals surface area contributed by atoms with Crippen LogP contribution >= 0.6 is 11.6 Å². The maximum absolute atomic E-state index is 10.6. The summed E-state index contributed by atoms with van der Waals surface area (Å²) < 4.78 is 0. The minimum absolute atomic E-state index is 0.114. The number of hydrogen-bond acceptors (Lipinski definition) is 4. The Morgan fingerprint density at radius 1 is 1.73 bits per heavy atom. The van der Waals surface area contributed by atoms with Crippen LogP contribution in [0.25, 0.3) is 6.08 Å². The molecule has 0 spiro atoms. The van der Waals surface area contributed by atoms with Gasteiger partial charge in [0.1, 0.15) is 10.8 Å². The molecule has 0 N–H and O–H groups in total. The van der Waals surface area contributed by atoms with E-state index < -0.39 is 4.92 Å². The number of aromatic nitrogens is 1. The summed E-state index contributed by atoms with van der Waals surface area (Å²) in [6.45, 7) is 1.50. The molecule has 0 bridgehead atoms. The summed E-state index contributed by atoms with van der Waals surface area (Å²) in [5, 5.41) is 19.1. The van der Waals surface area contributed by atoms with Crippen LogP contribution in [0.15, 0.2) is 12.1 Å². The van der Waals surface area contributed by atoms with Crippen molar-refractivity contribution in [1.82, 2.24) is 4.98 Å². The zero-order chi connectivity index (χ0) is 11.4. The van der Waals surface area contributed by atoms with Crippen LogP contribution in [-0.2, 0) is 0 Å². The molecule has 0 amide bonds. The number of nitrogens with zero attached hydrogens (tertiary/aromatic N) is 3. The molecular formula is C9H6ClN3O2. The molecule has 15 heavy (non-hydrogen) atoms. The zero-order valence-corrected chi connectivity index (χ0v) is 8.52. The third-order valence-corrected chi connectivity index (χ3v) is 2.00. The Kier molecular flexibility index (Phi) is 3.37. The number of hydrogen-bond donors (Lipinski definition) is 0. The van der Waals surface area contributed by atoms with Crippen LogP contribution in [0.4, 0.5) is 5.69 Å². The van der Waals surface area contributed by atoms with Crippen LogP contribution in [0.5, 0.6) is 0 Å². The SMILES string of the molecule is Cc1nc(Cl)c(C=CC#N)cc1[N+](=O)[O-]. The van der Waals surface area contributed by atoms with E-state index in [0.29, 0.717) is 5.56 Å². The number of pyridine rings is 1. The predicted octanol–water partition coefficient (Wildman–Crippen LogP) is 2.49. The molecule has 0 aliphatic rings. The van der Waals surface area contributed by atoms with E-state index in [-0.39, 0.29) is 16.5 Å². The molecule has 0 saturated heterocycles. The van der Waals surface area contributed by atoms with Gasteiger partial charge in [-0.1, -0.05) is 11.6 Å². The molecule has 76 valence electrons. The average Bonchev–Trinajstić information content (AvgIpc) is 2.16. The minimum Gasteiger partial charge on any atom is -0.258 e. The molecule has 0 unspecified atom stereocenters. The van der Waals surface area contributed by atoms with Gasteiger partial charge in [-0.05, 0) is 13.0 Å². The molecule has 0 aliphatic carbocycles. The van der Waals surface area contributed by atoms with Crippen molar-refractivity contribution in [2.45, 2.75) is 6.92 Å². The van der Waals surface area contributed by atoms with Crippen LogP contribution in [0.3, 0.4) is 0 Å². The third kappa shape index (κ3) is 2.51. The molecule has 0 aliphatic heterocycles. The predicted molar refractivity (Wildman–Crippen MR) is 55.3 cm³/mol. The third-order valence-electron chi connectivity index (χ3n) is 1.70. The lowest BCUT2D eigenvalue weighted by atomic mass is 10.2. The molecule has 1 rings (SSSR count). The second-order valence-electron chi connectivity index (χ2n) is 2.69. The largest absolute Gasteiger partial charge is 0.291 e. The van der Waals surface area contributed by atoms with E-state index in [1.807, 2.05) is 0 Å². The summed E-state index contributed by atoms with van der Waals surface area (Å²) in [7, 11) is 0. The lowest BCUT2D eigenvalue weighted by Gasteiger charge is -2.00. The Balaban J connectivity index is 3.31. The zero-order valence-electron chi connectivity index (χ0n) is 7.77. The lowest BCUT2D eigenvalue weighted by Crippen LogP contribution is -1.96. The van der Waals surface area contributed by atoms with E-state index >= 15 is 0 Å². The van der Waals surface area contributed by atoms with Crippen LogP contribution in [0.2, 0.25) is 5.15 Å². The van der Waals surface area contributed by atoms with E-state index in [9.17, 15) is 10.1 Å². The number of halogens is 1. The van der Waals surface area contributed by atoms with Gasteiger partial charge in [-0.25, -0.2) is 4.98 Å². The molecule has 5 nitrogen and oxygen atoms in total. The normalized spacial score (nSPS) is 10.2. The molecule has 0 fully saturated rings. The molecule has 1 aromatic rings. The first-order valence-corrected chi connectivity index (χ1v) is 4.31. The Bertz CT molecular complexity index is 477. The molecule has 1 aromatic heterocycles. The number of aryl methyl sites for hydroxylation is 1. The van der Waals surface area contributed by atoms with E-state index in [4.69, 9.17) is 16.9 Å². The van der Waals surface area contributed by atoms with Gasteiger partial charge in [0, 0.05) is 17.7 Å². The van der Waals surface area contributed by atoms with Gasteiger partial charge in [0.2, 0.25) is 0 Å². The van der Waals surface area contributed by atoms with E-state index in [2.05, 4.69) is 4.98 Å². The van der Waals surface area contributed by atoms with Crippen LogP contribution in [0.1, 0.15) is 11.3 Å². The summed E-state index contributed by atoms with van der Waals surface area (Å²) in [4.78, 5) is 13.9. The molecular weight excluding hydrogens is 218 g/mol. The van der Waals surface area contributed by atoms with Gasteiger partial charge in [-0.3, -0.25) is 10.1 Å². The number of nitro groups is 1. The van der Waals surface area contributed by atoms with Gasteiger partial charge < -0.3 is 0 Å². The maximum atomic E-state index is 10.6. The van der Waals surface area contributed by atoms with Gasteiger partial charge in [-0.2, -0.15) is 5.26 Å². The first kappa shape index (κ1) is 11.1. The Hall–Kier alpha value is -1.93. The second-order valence-corrected chi connectivity index (χ2v) is 3.05. The summed E-state index contributed by atoms with van der Waals surface area (Å²) >= 11 is 5.75. The number of rotatable bonds is 2. The Labute approximate surface area is 90.8 Å². The molecule has 0 radical (unpaired) electrons. The van der Waals surface area contributed by atoms with Gasteiger partial charge >= 0.3 is 0 Å². The fraction of sp³-hybridized carbons (Fsp3) is 0.111. The maximum Gasteiger partial charge on any atom is 0.291 e. The lowest BCUT2D eigenvalue weighted by molar-refractivity contribution is -0.385. The van der Waals surface area contributed by atoms with E-state index in [0.717, 1.165) is 0 Å². The van der Waals surface area contributed by atoms with Crippen LogP contribution < -0.4 is 0 Å². The summed E-state index contributed by atoms with van der Waals surface area (Å²) in [6.07, 6.45) is 2.56.